The second kappa shape index (κ2) is 7.13. The maximum atomic E-state index is 12.1. The number of fused-ring (bicyclic) bond motifs is 3. The summed E-state index contributed by atoms with van der Waals surface area (Å²) in [7, 11) is 1.70. The van der Waals surface area contributed by atoms with Crippen LogP contribution < -0.4 is 5.73 Å². The molecular weight excluding hydrogens is 348 g/mol. The van der Waals surface area contributed by atoms with Crippen LogP contribution in [0.3, 0.4) is 0 Å². The number of carbonyl (C=O) groups is 1. The lowest BCUT2D eigenvalue weighted by molar-refractivity contribution is 0.100. The first-order valence-electron chi connectivity index (χ1n) is 9.38. The zero-order valence-electron chi connectivity index (χ0n) is 16.5. The van der Waals surface area contributed by atoms with Crippen molar-refractivity contribution in [1.29, 1.82) is 0 Å². The van der Waals surface area contributed by atoms with E-state index in [1.54, 1.807) is 13.2 Å². The fourth-order valence-electron chi connectivity index (χ4n) is 3.96. The Kier molecular flexibility index (Phi) is 4.65. The van der Waals surface area contributed by atoms with Gasteiger partial charge in [-0.15, -0.1) is 0 Å². The van der Waals surface area contributed by atoms with Crippen molar-refractivity contribution in [2.45, 2.75) is 27.0 Å². The molecule has 0 radical (unpaired) electrons. The first kappa shape index (κ1) is 18.3. The third kappa shape index (κ3) is 3.06. The van der Waals surface area contributed by atoms with Gasteiger partial charge in [0.25, 0.3) is 0 Å². The van der Waals surface area contributed by atoms with Crippen molar-refractivity contribution in [2.24, 2.45) is 5.73 Å². The molecule has 3 aromatic carbocycles. The molecule has 0 bridgehead atoms. The lowest BCUT2D eigenvalue weighted by Gasteiger charge is -2.12. The fourth-order valence-corrected chi connectivity index (χ4v) is 3.96. The molecule has 4 nitrogen and oxygen atoms in total. The van der Waals surface area contributed by atoms with Crippen LogP contribution in [0.1, 0.15) is 32.6 Å². The second-order valence-corrected chi connectivity index (χ2v) is 7.36. The maximum Gasteiger partial charge on any atom is 0.249 e. The number of nitrogens with two attached hydrogens (primary N) is 1. The Hall–Kier alpha value is -3.11. The van der Waals surface area contributed by atoms with E-state index in [4.69, 9.17) is 10.5 Å². The van der Waals surface area contributed by atoms with E-state index in [1.807, 2.05) is 12.1 Å². The molecule has 0 aliphatic rings. The summed E-state index contributed by atoms with van der Waals surface area (Å²) in [4.78, 5) is 12.1. The zero-order chi connectivity index (χ0) is 19.8. The highest BCUT2D eigenvalue weighted by Gasteiger charge is 2.17. The molecule has 0 atom stereocenters. The monoisotopic (exact) mass is 372 g/mol. The molecule has 0 saturated heterocycles. The molecule has 1 aromatic heterocycles. The van der Waals surface area contributed by atoms with E-state index in [-0.39, 0.29) is 0 Å². The Morgan fingerprint density at radius 2 is 1.86 bits per heavy atom. The molecule has 0 fully saturated rings. The van der Waals surface area contributed by atoms with Crippen molar-refractivity contribution in [3.8, 4) is 0 Å². The summed E-state index contributed by atoms with van der Waals surface area (Å²) in [6, 6.07) is 18.5. The molecule has 1 heterocycles. The Bertz CT molecular complexity index is 1200. The number of benzene rings is 3. The Morgan fingerprint density at radius 1 is 1.04 bits per heavy atom. The van der Waals surface area contributed by atoms with Gasteiger partial charge in [0.05, 0.1) is 12.1 Å². The van der Waals surface area contributed by atoms with Crippen LogP contribution in [0.4, 0.5) is 0 Å². The van der Waals surface area contributed by atoms with E-state index in [2.05, 4.69) is 54.8 Å². The minimum absolute atomic E-state index is 0.405. The summed E-state index contributed by atoms with van der Waals surface area (Å²) in [5.41, 5.74) is 13.2. The highest BCUT2D eigenvalue weighted by Crippen LogP contribution is 2.33. The fraction of sp³-hybridized carbons (Fsp3) is 0.208. The van der Waals surface area contributed by atoms with Crippen LogP contribution in [0, 0.1) is 13.8 Å². The standard InChI is InChI=1S/C24H24N2O2/c1-15-7-8-16(2)18(11-15)13-26-21-6-4-5-20(24(25)27)23(21)19-10-9-17(14-28-3)12-22(19)26/h4-12H,13-14H2,1-3H3,(H2,25,27). The molecular formula is C24H24N2O2. The largest absolute Gasteiger partial charge is 0.380 e. The van der Waals surface area contributed by atoms with Crippen molar-refractivity contribution in [3.63, 3.8) is 0 Å². The summed E-state index contributed by atoms with van der Waals surface area (Å²) in [6.07, 6.45) is 0. The van der Waals surface area contributed by atoms with Crippen LogP contribution >= 0.6 is 0 Å². The Morgan fingerprint density at radius 3 is 2.61 bits per heavy atom. The number of nitrogens with zero attached hydrogens (tertiary/aromatic N) is 1. The predicted molar refractivity (Wildman–Crippen MR) is 114 cm³/mol. The quantitative estimate of drug-likeness (QED) is 0.552. The highest BCUT2D eigenvalue weighted by molar-refractivity contribution is 6.18. The normalized spacial score (nSPS) is 11.4. The Labute approximate surface area is 164 Å². The molecule has 0 spiro atoms. The van der Waals surface area contributed by atoms with Gasteiger partial charge in [0.15, 0.2) is 0 Å². The van der Waals surface area contributed by atoms with Gasteiger partial charge in [-0.05, 0) is 48.7 Å². The maximum absolute atomic E-state index is 12.1. The van der Waals surface area contributed by atoms with Crippen molar-refractivity contribution >= 4 is 27.7 Å². The van der Waals surface area contributed by atoms with Gasteiger partial charge in [-0.1, -0.05) is 42.0 Å². The van der Waals surface area contributed by atoms with E-state index in [0.29, 0.717) is 12.2 Å². The average molecular weight is 372 g/mol. The van der Waals surface area contributed by atoms with Gasteiger partial charge in [0.1, 0.15) is 0 Å². The van der Waals surface area contributed by atoms with Crippen molar-refractivity contribution in [3.05, 3.63) is 82.4 Å². The molecule has 4 rings (SSSR count). The summed E-state index contributed by atoms with van der Waals surface area (Å²) in [5, 5.41) is 1.95. The number of hydrogen-bond donors (Lipinski definition) is 1. The number of primary amides is 1. The smallest absolute Gasteiger partial charge is 0.249 e. The minimum Gasteiger partial charge on any atom is -0.380 e. The predicted octanol–water partition coefficient (Wildman–Crippen LogP) is 4.70. The van der Waals surface area contributed by atoms with Crippen molar-refractivity contribution in [1.82, 2.24) is 4.57 Å². The van der Waals surface area contributed by atoms with Gasteiger partial charge in [-0.3, -0.25) is 4.79 Å². The zero-order valence-corrected chi connectivity index (χ0v) is 16.5. The minimum atomic E-state index is -0.405. The van der Waals surface area contributed by atoms with E-state index >= 15 is 0 Å². The van der Waals surface area contributed by atoms with Crippen LogP contribution in [-0.2, 0) is 17.9 Å². The lowest BCUT2D eigenvalue weighted by atomic mass is 10.0. The van der Waals surface area contributed by atoms with Gasteiger partial charge < -0.3 is 15.0 Å². The molecule has 2 N–H and O–H groups in total. The SMILES string of the molecule is COCc1ccc2c3c(C(N)=O)cccc3n(Cc3cc(C)ccc3C)c2c1. The number of ether oxygens (including phenoxy) is 1. The molecule has 4 aromatic rings. The van der Waals surface area contributed by atoms with Gasteiger partial charge in [0, 0.05) is 35.5 Å². The molecule has 0 aliphatic heterocycles. The van der Waals surface area contributed by atoms with Crippen LogP contribution in [0.2, 0.25) is 0 Å². The average Bonchev–Trinajstić information content (AvgIpc) is 2.98. The number of rotatable bonds is 5. The highest BCUT2D eigenvalue weighted by atomic mass is 16.5. The summed E-state index contributed by atoms with van der Waals surface area (Å²) in [5.74, 6) is -0.405. The van der Waals surface area contributed by atoms with Gasteiger partial charge in [-0.2, -0.15) is 0 Å². The van der Waals surface area contributed by atoms with Crippen LogP contribution in [0.5, 0.6) is 0 Å². The summed E-state index contributed by atoms with van der Waals surface area (Å²) in [6.45, 7) is 5.51. The topological polar surface area (TPSA) is 57.2 Å². The third-order valence-corrected chi connectivity index (χ3v) is 5.37. The molecule has 4 heteroatoms. The first-order chi connectivity index (χ1) is 13.5. The number of aryl methyl sites for hydroxylation is 2. The molecule has 1 amide bonds. The van der Waals surface area contributed by atoms with E-state index in [1.165, 1.54) is 16.7 Å². The van der Waals surface area contributed by atoms with Crippen molar-refractivity contribution < 1.29 is 9.53 Å². The third-order valence-electron chi connectivity index (χ3n) is 5.37. The first-order valence-corrected chi connectivity index (χ1v) is 9.38. The van der Waals surface area contributed by atoms with E-state index in [0.717, 1.165) is 33.9 Å². The van der Waals surface area contributed by atoms with E-state index < -0.39 is 5.91 Å². The lowest BCUT2D eigenvalue weighted by Crippen LogP contribution is -2.11. The number of amides is 1. The number of aromatic nitrogens is 1. The molecule has 28 heavy (non-hydrogen) atoms. The van der Waals surface area contributed by atoms with Crippen LogP contribution in [0.25, 0.3) is 21.8 Å². The van der Waals surface area contributed by atoms with Crippen LogP contribution in [0.15, 0.2) is 54.6 Å². The van der Waals surface area contributed by atoms with E-state index in [9.17, 15) is 4.79 Å². The van der Waals surface area contributed by atoms with Gasteiger partial charge in [-0.25, -0.2) is 0 Å². The molecule has 0 saturated carbocycles. The number of hydrogen-bond acceptors (Lipinski definition) is 2. The molecule has 0 aliphatic carbocycles. The van der Waals surface area contributed by atoms with Crippen LogP contribution in [-0.4, -0.2) is 17.6 Å². The van der Waals surface area contributed by atoms with Crippen molar-refractivity contribution in [2.75, 3.05) is 7.11 Å². The summed E-state index contributed by atoms with van der Waals surface area (Å²) >= 11 is 0. The van der Waals surface area contributed by atoms with Gasteiger partial charge in [0.2, 0.25) is 5.91 Å². The summed E-state index contributed by atoms with van der Waals surface area (Å²) < 4.78 is 7.60. The Balaban J connectivity index is 2.03. The number of carbonyl (C=O) groups excluding carboxylic acids is 1. The molecule has 142 valence electrons. The molecule has 0 unspecified atom stereocenters. The second-order valence-electron chi connectivity index (χ2n) is 7.36. The van der Waals surface area contributed by atoms with Gasteiger partial charge >= 0.3 is 0 Å². The number of methoxy groups -OCH3 is 1.